The first-order valence-corrected chi connectivity index (χ1v) is 17.8. The predicted molar refractivity (Wildman–Crippen MR) is 183 cm³/mol. The number of rotatable bonds is 6. The summed E-state index contributed by atoms with van der Waals surface area (Å²) in [5, 5.41) is 14.9. The van der Waals surface area contributed by atoms with Crippen molar-refractivity contribution in [2.24, 2.45) is 0 Å². The summed E-state index contributed by atoms with van der Waals surface area (Å²) in [6.07, 6.45) is 4.98. The Labute approximate surface area is 286 Å². The maximum atomic E-state index is 13.0. The Morgan fingerprint density at radius 1 is 1.21 bits per heavy atom. The van der Waals surface area contributed by atoms with E-state index in [2.05, 4.69) is 41.9 Å². The minimum Gasteiger partial charge on any atom is -0.459 e. The van der Waals surface area contributed by atoms with E-state index in [1.807, 2.05) is 33.8 Å². The average Bonchev–Trinajstić information content (AvgIpc) is 3.73. The minimum absolute atomic E-state index is 0.0668. The monoisotopic (exact) mass is 677 g/mol. The van der Waals surface area contributed by atoms with Crippen molar-refractivity contribution < 1.29 is 18.8 Å². The summed E-state index contributed by atoms with van der Waals surface area (Å²) in [7, 11) is 2.12. The van der Waals surface area contributed by atoms with E-state index < -0.39 is 11.0 Å². The molecule has 0 radical (unpaired) electrons. The third-order valence-electron chi connectivity index (χ3n) is 9.77. The van der Waals surface area contributed by atoms with Crippen LogP contribution in [0.3, 0.4) is 0 Å². The van der Waals surface area contributed by atoms with Crippen LogP contribution in [0.25, 0.3) is 11.5 Å². The van der Waals surface area contributed by atoms with Crippen LogP contribution < -0.4 is 15.4 Å². The SMILES string of the molecule is C[C@H](Oc1nc(-c2noc([C@@]3(C)CCCc4sc(N)c(C#N)c43)n2)cc(N2CCCN(C(=O)OC(C)(C)C)C[C@@H]2C)n1)[C@@H]1CCCN1C. The normalized spacial score (nSPS) is 24.1. The Kier molecular flexibility index (Phi) is 9.30. The van der Waals surface area contributed by atoms with E-state index in [9.17, 15) is 10.1 Å². The van der Waals surface area contributed by atoms with Crippen molar-refractivity contribution in [2.45, 2.75) is 109 Å². The molecule has 1 amide bonds. The van der Waals surface area contributed by atoms with Gasteiger partial charge >= 0.3 is 12.1 Å². The van der Waals surface area contributed by atoms with Gasteiger partial charge in [-0.15, -0.1) is 11.3 Å². The number of thiophene rings is 1. The fraction of sp³-hybridized carbons (Fsp3) is 0.647. The molecule has 2 aliphatic heterocycles. The molecular formula is C34H47N9O4S. The average molecular weight is 678 g/mol. The van der Waals surface area contributed by atoms with Crippen molar-refractivity contribution in [3.8, 4) is 23.6 Å². The van der Waals surface area contributed by atoms with Gasteiger partial charge in [-0.3, -0.25) is 4.90 Å². The number of carbonyl (C=O) groups excluding carboxylic acids is 1. The number of hydrogen-bond donors (Lipinski definition) is 1. The molecule has 0 bridgehead atoms. The van der Waals surface area contributed by atoms with Crippen molar-refractivity contribution in [1.82, 2.24) is 29.9 Å². The summed E-state index contributed by atoms with van der Waals surface area (Å²) in [6, 6.07) is 4.61. The quantitative estimate of drug-likeness (QED) is 0.355. The molecule has 258 valence electrons. The fourth-order valence-corrected chi connectivity index (χ4v) is 8.55. The molecule has 0 saturated carbocycles. The van der Waals surface area contributed by atoms with Gasteiger partial charge in [0.15, 0.2) is 0 Å². The van der Waals surface area contributed by atoms with Crippen molar-refractivity contribution in [3.05, 3.63) is 28.0 Å². The zero-order chi connectivity index (χ0) is 34.4. The fourth-order valence-electron chi connectivity index (χ4n) is 7.36. The number of ether oxygens (including phenoxy) is 2. The summed E-state index contributed by atoms with van der Waals surface area (Å²) in [5.41, 5.74) is 6.90. The number of aromatic nitrogens is 4. The number of fused-ring (bicyclic) bond motifs is 1. The smallest absolute Gasteiger partial charge is 0.410 e. The minimum atomic E-state index is -0.654. The van der Waals surface area contributed by atoms with Crippen LogP contribution in [0.4, 0.5) is 15.6 Å². The molecule has 13 nitrogen and oxygen atoms in total. The Bertz CT molecular complexity index is 1690. The summed E-state index contributed by atoms with van der Waals surface area (Å²) in [6.45, 7) is 14.6. The van der Waals surface area contributed by atoms with Crippen LogP contribution in [0, 0.1) is 11.3 Å². The van der Waals surface area contributed by atoms with Crippen LogP contribution in [0.5, 0.6) is 6.01 Å². The Balaban J connectivity index is 1.34. The van der Waals surface area contributed by atoms with Crippen LogP contribution in [-0.4, -0.2) is 93.0 Å². The Hall–Kier alpha value is -3.96. The molecule has 14 heteroatoms. The van der Waals surface area contributed by atoms with Gasteiger partial charge in [-0.2, -0.15) is 20.2 Å². The Morgan fingerprint density at radius 3 is 2.71 bits per heavy atom. The number of nitrogen functional groups attached to an aromatic ring is 1. The second-order valence-corrected chi connectivity index (χ2v) is 15.7. The summed E-state index contributed by atoms with van der Waals surface area (Å²) >= 11 is 1.47. The van der Waals surface area contributed by atoms with Crippen molar-refractivity contribution in [2.75, 3.05) is 43.9 Å². The van der Waals surface area contributed by atoms with Crippen LogP contribution in [0.2, 0.25) is 0 Å². The number of nitrogens with two attached hydrogens (primary N) is 1. The van der Waals surface area contributed by atoms with Gasteiger partial charge in [0.1, 0.15) is 34.3 Å². The predicted octanol–water partition coefficient (Wildman–Crippen LogP) is 5.38. The third kappa shape index (κ3) is 6.67. The lowest BCUT2D eigenvalue weighted by molar-refractivity contribution is 0.0251. The third-order valence-corrected chi connectivity index (χ3v) is 10.9. The lowest BCUT2D eigenvalue weighted by Crippen LogP contribution is -2.43. The highest BCUT2D eigenvalue weighted by Crippen LogP contribution is 2.48. The van der Waals surface area contributed by atoms with Gasteiger partial charge in [-0.1, -0.05) is 5.16 Å². The molecule has 0 aromatic carbocycles. The molecule has 2 saturated heterocycles. The Morgan fingerprint density at radius 2 is 2.00 bits per heavy atom. The molecule has 2 N–H and O–H groups in total. The van der Waals surface area contributed by atoms with Gasteiger partial charge in [-0.05, 0) is 93.7 Å². The molecule has 3 aromatic rings. The highest BCUT2D eigenvalue weighted by atomic mass is 32.1. The van der Waals surface area contributed by atoms with Crippen LogP contribution in [-0.2, 0) is 16.6 Å². The first kappa shape index (κ1) is 33.9. The largest absolute Gasteiger partial charge is 0.459 e. The molecule has 0 unspecified atom stereocenters. The van der Waals surface area contributed by atoms with Gasteiger partial charge in [0.05, 0.1) is 11.0 Å². The number of likely N-dealkylation sites (tertiary alicyclic amines) is 1. The molecule has 6 rings (SSSR count). The number of likely N-dealkylation sites (N-methyl/N-ethyl adjacent to an activating group) is 1. The topological polar surface area (TPSA) is 160 Å². The second-order valence-electron chi connectivity index (χ2n) is 14.6. The van der Waals surface area contributed by atoms with E-state index in [1.54, 1.807) is 4.90 Å². The van der Waals surface area contributed by atoms with E-state index >= 15 is 0 Å². The maximum Gasteiger partial charge on any atom is 0.410 e. The van der Waals surface area contributed by atoms with Crippen molar-refractivity contribution in [3.63, 3.8) is 0 Å². The van der Waals surface area contributed by atoms with E-state index in [-0.39, 0.29) is 30.3 Å². The molecule has 4 atom stereocenters. The van der Waals surface area contributed by atoms with E-state index in [0.717, 1.165) is 55.5 Å². The molecule has 5 heterocycles. The number of aryl methyl sites for hydroxylation is 1. The summed E-state index contributed by atoms with van der Waals surface area (Å²) in [4.78, 5) is 35.0. The molecule has 48 heavy (non-hydrogen) atoms. The standard InChI is InChI=1S/C34H47N9O4S/c1-20-19-42(32(44)46-33(3,4)5)15-10-16-43(20)26-17-23(37-31(38-26)45-21(2)24-11-9-14-41(24)7)29-39-30(47-40-29)34(6)13-8-12-25-27(34)22(18-35)28(36)48-25/h17,20-21,24H,8-16,19,36H2,1-7H3/t20-,21-,24-,34-/m0/s1. The van der Waals surface area contributed by atoms with E-state index in [0.29, 0.717) is 53.4 Å². The summed E-state index contributed by atoms with van der Waals surface area (Å²) < 4.78 is 18.1. The maximum absolute atomic E-state index is 13.0. The number of hydrogen-bond acceptors (Lipinski definition) is 13. The van der Waals surface area contributed by atoms with E-state index in [4.69, 9.17) is 34.7 Å². The van der Waals surface area contributed by atoms with Gasteiger partial charge < -0.3 is 29.5 Å². The van der Waals surface area contributed by atoms with Gasteiger partial charge in [0.2, 0.25) is 11.7 Å². The van der Waals surface area contributed by atoms with Gasteiger partial charge in [0.25, 0.3) is 0 Å². The number of anilines is 2. The molecule has 3 aliphatic rings. The molecule has 3 aromatic heterocycles. The second kappa shape index (κ2) is 13.2. The zero-order valence-corrected chi connectivity index (χ0v) is 29.9. The summed E-state index contributed by atoms with van der Waals surface area (Å²) in [5.74, 6) is 1.40. The van der Waals surface area contributed by atoms with Crippen LogP contribution in [0.15, 0.2) is 10.6 Å². The lowest BCUT2D eigenvalue weighted by atomic mass is 9.72. The number of amides is 1. The lowest BCUT2D eigenvalue weighted by Gasteiger charge is -2.31. The van der Waals surface area contributed by atoms with Crippen LogP contribution >= 0.6 is 11.3 Å². The van der Waals surface area contributed by atoms with Gasteiger partial charge in [-0.25, -0.2) is 4.79 Å². The van der Waals surface area contributed by atoms with Crippen molar-refractivity contribution >= 4 is 28.2 Å². The highest BCUT2D eigenvalue weighted by Gasteiger charge is 2.43. The first-order chi connectivity index (χ1) is 22.8. The molecular weight excluding hydrogens is 630 g/mol. The number of nitrogens with zero attached hydrogens (tertiary/aromatic N) is 8. The first-order valence-electron chi connectivity index (χ1n) is 16.9. The zero-order valence-electron chi connectivity index (χ0n) is 29.1. The van der Waals surface area contributed by atoms with Gasteiger partial charge in [0, 0.05) is 48.2 Å². The van der Waals surface area contributed by atoms with Crippen LogP contribution in [0.1, 0.15) is 95.5 Å². The number of carbonyl (C=O) groups is 1. The van der Waals surface area contributed by atoms with E-state index in [1.165, 1.54) is 11.3 Å². The van der Waals surface area contributed by atoms with Crippen molar-refractivity contribution in [1.29, 1.82) is 5.26 Å². The molecule has 1 aliphatic carbocycles. The highest BCUT2D eigenvalue weighted by molar-refractivity contribution is 7.16. The molecule has 2 fully saturated rings. The molecule has 0 spiro atoms. The number of nitriles is 1.